The molecule has 13 heavy (non-hydrogen) atoms. The normalized spacial score (nSPS) is 11.9. The molecule has 0 amide bonds. The zero-order chi connectivity index (χ0) is 10.2. The van der Waals surface area contributed by atoms with Crippen LogP contribution in [0.5, 0.6) is 0 Å². The molecule has 0 saturated carbocycles. The summed E-state index contributed by atoms with van der Waals surface area (Å²) in [5, 5.41) is 0. The van der Waals surface area contributed by atoms with Crippen molar-refractivity contribution in [2.24, 2.45) is 5.73 Å². The fourth-order valence-corrected chi connectivity index (χ4v) is 1.90. The molecule has 0 bridgehead atoms. The van der Waals surface area contributed by atoms with Crippen LogP contribution in [0.1, 0.15) is 20.3 Å². The highest BCUT2D eigenvalue weighted by Crippen LogP contribution is 2.49. The number of nitrogens with two attached hydrogens (primary N) is 1. The fourth-order valence-electron chi connectivity index (χ4n) is 0.688. The number of hydrogen-bond acceptors (Lipinski definition) is 5. The van der Waals surface area contributed by atoms with Gasteiger partial charge in [-0.05, 0) is 26.8 Å². The monoisotopic (exact) mass is 211 g/mol. The second kappa shape index (κ2) is 7.47. The average Bonchev–Trinajstić information content (AvgIpc) is 2.05. The molecule has 80 valence electrons. The summed E-state index contributed by atoms with van der Waals surface area (Å²) >= 11 is 0. The van der Waals surface area contributed by atoms with Crippen molar-refractivity contribution in [3.63, 3.8) is 0 Å². The van der Waals surface area contributed by atoms with E-state index in [4.69, 9.17) is 19.3 Å². The van der Waals surface area contributed by atoms with Crippen LogP contribution < -0.4 is 5.73 Å². The standard InChI is InChI=1S/C7H18NO4P/c1-3-10-13(9,11-4-2)12-7-5-6-8/h3-8H2,1-2H3. The fraction of sp³-hybridized carbons (Fsp3) is 1.00. The van der Waals surface area contributed by atoms with Crippen LogP contribution in [-0.2, 0) is 18.1 Å². The van der Waals surface area contributed by atoms with Crippen LogP contribution in [0.15, 0.2) is 0 Å². The molecule has 5 nitrogen and oxygen atoms in total. The Hall–Kier alpha value is 0.0700. The number of phosphoric acid groups is 1. The van der Waals surface area contributed by atoms with E-state index in [1.165, 1.54) is 0 Å². The molecule has 0 aromatic rings. The van der Waals surface area contributed by atoms with E-state index in [1.54, 1.807) is 13.8 Å². The molecular formula is C7H18NO4P. The lowest BCUT2D eigenvalue weighted by atomic mass is 10.5. The van der Waals surface area contributed by atoms with Crippen molar-refractivity contribution in [2.45, 2.75) is 20.3 Å². The van der Waals surface area contributed by atoms with E-state index in [2.05, 4.69) is 0 Å². The van der Waals surface area contributed by atoms with E-state index in [0.29, 0.717) is 32.8 Å². The summed E-state index contributed by atoms with van der Waals surface area (Å²) in [6.45, 7) is 4.88. The number of phosphoric ester groups is 1. The highest BCUT2D eigenvalue weighted by atomic mass is 31.2. The van der Waals surface area contributed by atoms with E-state index >= 15 is 0 Å². The van der Waals surface area contributed by atoms with Gasteiger partial charge in [-0.1, -0.05) is 0 Å². The summed E-state index contributed by atoms with van der Waals surface area (Å²) in [5.74, 6) is 0. The van der Waals surface area contributed by atoms with Crippen molar-refractivity contribution in [3.8, 4) is 0 Å². The first-order chi connectivity index (χ1) is 6.18. The van der Waals surface area contributed by atoms with E-state index in [0.717, 1.165) is 0 Å². The molecule has 2 N–H and O–H groups in total. The first kappa shape index (κ1) is 13.1. The molecule has 0 heterocycles. The Morgan fingerprint density at radius 1 is 1.15 bits per heavy atom. The third kappa shape index (κ3) is 6.18. The predicted molar refractivity (Wildman–Crippen MR) is 50.5 cm³/mol. The second-order valence-corrected chi connectivity index (χ2v) is 3.93. The van der Waals surface area contributed by atoms with Crippen LogP contribution >= 0.6 is 7.82 Å². The van der Waals surface area contributed by atoms with Crippen molar-refractivity contribution in [2.75, 3.05) is 26.4 Å². The second-order valence-electron chi connectivity index (χ2n) is 2.26. The molecular weight excluding hydrogens is 193 g/mol. The quantitative estimate of drug-likeness (QED) is 0.487. The summed E-state index contributed by atoms with van der Waals surface area (Å²) in [4.78, 5) is 0. The Balaban J connectivity index is 3.85. The maximum absolute atomic E-state index is 11.6. The van der Waals surface area contributed by atoms with Gasteiger partial charge in [0.1, 0.15) is 0 Å². The van der Waals surface area contributed by atoms with E-state index in [-0.39, 0.29) is 0 Å². The smallest absolute Gasteiger partial charge is 0.330 e. The Bertz CT molecular complexity index is 155. The third-order valence-corrected chi connectivity index (χ3v) is 2.82. The molecule has 0 spiro atoms. The lowest BCUT2D eigenvalue weighted by molar-refractivity contribution is 0.121. The minimum atomic E-state index is -3.30. The van der Waals surface area contributed by atoms with Crippen LogP contribution in [0.4, 0.5) is 0 Å². The molecule has 0 saturated heterocycles. The van der Waals surface area contributed by atoms with Gasteiger partial charge in [0.15, 0.2) is 0 Å². The lowest BCUT2D eigenvalue weighted by Gasteiger charge is -2.15. The van der Waals surface area contributed by atoms with Gasteiger partial charge in [-0.3, -0.25) is 13.6 Å². The first-order valence-electron chi connectivity index (χ1n) is 4.42. The highest BCUT2D eigenvalue weighted by Gasteiger charge is 2.24. The molecule has 0 fully saturated rings. The molecule has 0 aromatic carbocycles. The van der Waals surface area contributed by atoms with Gasteiger partial charge in [-0.2, -0.15) is 0 Å². The zero-order valence-corrected chi connectivity index (χ0v) is 9.09. The van der Waals surface area contributed by atoms with Crippen LogP contribution in [0.2, 0.25) is 0 Å². The maximum atomic E-state index is 11.6. The lowest BCUT2D eigenvalue weighted by Crippen LogP contribution is -2.06. The summed E-state index contributed by atoms with van der Waals surface area (Å²) in [6.07, 6.45) is 0.643. The minimum Gasteiger partial charge on any atom is -0.330 e. The molecule has 0 radical (unpaired) electrons. The van der Waals surface area contributed by atoms with E-state index in [9.17, 15) is 4.57 Å². The van der Waals surface area contributed by atoms with Crippen molar-refractivity contribution in [1.82, 2.24) is 0 Å². The van der Waals surface area contributed by atoms with Crippen LogP contribution in [0.25, 0.3) is 0 Å². The Morgan fingerprint density at radius 3 is 2.08 bits per heavy atom. The molecule has 6 heteroatoms. The Kier molecular flexibility index (Phi) is 7.51. The Morgan fingerprint density at radius 2 is 1.69 bits per heavy atom. The van der Waals surface area contributed by atoms with Gasteiger partial charge in [-0.15, -0.1) is 0 Å². The maximum Gasteiger partial charge on any atom is 0.474 e. The summed E-state index contributed by atoms with van der Waals surface area (Å²) in [7, 11) is -3.30. The van der Waals surface area contributed by atoms with Gasteiger partial charge in [0.25, 0.3) is 0 Å². The van der Waals surface area contributed by atoms with Gasteiger partial charge in [0, 0.05) is 0 Å². The van der Waals surface area contributed by atoms with Crippen molar-refractivity contribution in [3.05, 3.63) is 0 Å². The van der Waals surface area contributed by atoms with Gasteiger partial charge in [0.2, 0.25) is 0 Å². The summed E-state index contributed by atoms with van der Waals surface area (Å²) < 4.78 is 26.3. The SMILES string of the molecule is CCOP(=O)(OCC)OCCCN. The molecule has 0 aromatic heterocycles. The van der Waals surface area contributed by atoms with Crippen LogP contribution in [0, 0.1) is 0 Å². The number of hydrogen-bond donors (Lipinski definition) is 1. The van der Waals surface area contributed by atoms with Crippen molar-refractivity contribution in [1.29, 1.82) is 0 Å². The molecule has 0 unspecified atom stereocenters. The summed E-state index contributed by atoms with van der Waals surface area (Å²) in [5.41, 5.74) is 5.25. The summed E-state index contributed by atoms with van der Waals surface area (Å²) in [6, 6.07) is 0. The topological polar surface area (TPSA) is 70.8 Å². The van der Waals surface area contributed by atoms with Crippen LogP contribution in [-0.4, -0.2) is 26.4 Å². The van der Waals surface area contributed by atoms with Gasteiger partial charge in [0.05, 0.1) is 19.8 Å². The van der Waals surface area contributed by atoms with Gasteiger partial charge in [-0.25, -0.2) is 4.57 Å². The predicted octanol–water partition coefficient (Wildman–Crippen LogP) is 1.53. The molecule has 0 atom stereocenters. The van der Waals surface area contributed by atoms with Gasteiger partial charge >= 0.3 is 7.82 Å². The molecule has 0 rings (SSSR count). The molecule has 0 aliphatic carbocycles. The first-order valence-corrected chi connectivity index (χ1v) is 5.88. The largest absolute Gasteiger partial charge is 0.474 e. The van der Waals surface area contributed by atoms with E-state index < -0.39 is 7.82 Å². The average molecular weight is 211 g/mol. The molecule has 0 aliphatic rings. The third-order valence-electron chi connectivity index (χ3n) is 1.17. The van der Waals surface area contributed by atoms with Crippen LogP contribution in [0.3, 0.4) is 0 Å². The highest BCUT2D eigenvalue weighted by molar-refractivity contribution is 7.48. The van der Waals surface area contributed by atoms with Crippen molar-refractivity contribution >= 4 is 7.82 Å². The minimum absolute atomic E-state index is 0.299. The molecule has 0 aliphatic heterocycles. The van der Waals surface area contributed by atoms with E-state index in [1.807, 2.05) is 0 Å². The zero-order valence-electron chi connectivity index (χ0n) is 8.19. The Labute approximate surface area is 79.2 Å². The number of rotatable bonds is 8. The van der Waals surface area contributed by atoms with Crippen molar-refractivity contribution < 1.29 is 18.1 Å². The van der Waals surface area contributed by atoms with Gasteiger partial charge < -0.3 is 5.73 Å².